The summed E-state index contributed by atoms with van der Waals surface area (Å²) >= 11 is 0. The number of carbonyl (C=O) groups is 1. The summed E-state index contributed by atoms with van der Waals surface area (Å²) in [5, 5.41) is 11.0. The highest BCUT2D eigenvalue weighted by atomic mass is 16.2. The first-order valence-electron chi connectivity index (χ1n) is 5.66. The molecular weight excluding hydrogens is 230 g/mol. The second-order valence-electron chi connectivity index (χ2n) is 4.23. The number of carbonyl (C=O) groups excluding carboxylic acids is 1. The van der Waals surface area contributed by atoms with Crippen molar-refractivity contribution in [1.82, 2.24) is 25.1 Å². The Balaban J connectivity index is 2.23. The molecule has 6 nitrogen and oxygen atoms in total. The van der Waals surface area contributed by atoms with E-state index in [-0.39, 0.29) is 5.91 Å². The molecule has 18 heavy (non-hydrogen) atoms. The molecule has 0 fully saturated rings. The van der Waals surface area contributed by atoms with Crippen molar-refractivity contribution < 1.29 is 4.79 Å². The third kappa shape index (κ3) is 2.71. The third-order valence-corrected chi connectivity index (χ3v) is 2.68. The Morgan fingerprint density at radius 2 is 2.06 bits per heavy atom. The van der Waals surface area contributed by atoms with E-state index >= 15 is 0 Å². The van der Waals surface area contributed by atoms with Crippen LogP contribution in [0.15, 0.2) is 36.7 Å². The number of benzene rings is 1. The summed E-state index contributed by atoms with van der Waals surface area (Å²) in [6, 6.07) is 9.42. The number of rotatable bonds is 4. The highest BCUT2D eigenvalue weighted by Gasteiger charge is 2.23. The fraction of sp³-hybridized carbons (Fsp3) is 0.333. The van der Waals surface area contributed by atoms with Crippen LogP contribution in [0.3, 0.4) is 0 Å². The molecule has 0 N–H and O–H groups in total. The molecule has 1 aromatic heterocycles. The van der Waals surface area contributed by atoms with Gasteiger partial charge in [0.25, 0.3) is 0 Å². The number of hydrogen-bond acceptors (Lipinski definition) is 4. The zero-order valence-corrected chi connectivity index (χ0v) is 10.4. The summed E-state index contributed by atoms with van der Waals surface area (Å²) in [5.74, 6) is -0.0221. The average Bonchev–Trinajstić information content (AvgIpc) is 2.90. The van der Waals surface area contributed by atoms with Crippen LogP contribution in [0, 0.1) is 0 Å². The van der Waals surface area contributed by atoms with Crippen molar-refractivity contribution in [2.24, 2.45) is 0 Å². The van der Waals surface area contributed by atoms with Gasteiger partial charge < -0.3 is 4.90 Å². The molecule has 1 amide bonds. The fourth-order valence-corrected chi connectivity index (χ4v) is 1.74. The zero-order chi connectivity index (χ0) is 13.0. The number of hydrogen-bond donors (Lipinski definition) is 0. The molecule has 1 heterocycles. The largest absolute Gasteiger partial charge is 0.347 e. The first-order valence-corrected chi connectivity index (χ1v) is 5.66. The lowest BCUT2D eigenvalue weighted by atomic mass is 10.1. The maximum absolute atomic E-state index is 12.2. The van der Waals surface area contributed by atoms with Crippen molar-refractivity contribution in [3.05, 3.63) is 42.2 Å². The topological polar surface area (TPSA) is 63.9 Å². The second kappa shape index (κ2) is 5.39. The minimum atomic E-state index is -0.405. The van der Waals surface area contributed by atoms with Gasteiger partial charge in [0, 0.05) is 20.5 Å². The molecule has 0 spiro atoms. The standard InChI is InChI=1S/C12H15N5O/c1-16(2)12(18)11(17-9-13-14-15-17)8-10-6-4-3-5-7-10/h3-7,9,11H,8H2,1-2H3/t11-/m0/s1. The van der Waals surface area contributed by atoms with Gasteiger partial charge in [0.1, 0.15) is 12.4 Å². The molecule has 0 aliphatic carbocycles. The molecule has 0 aliphatic rings. The minimum Gasteiger partial charge on any atom is -0.347 e. The van der Waals surface area contributed by atoms with Crippen molar-refractivity contribution >= 4 is 5.91 Å². The second-order valence-corrected chi connectivity index (χ2v) is 4.23. The highest BCUT2D eigenvalue weighted by Crippen LogP contribution is 2.14. The van der Waals surface area contributed by atoms with E-state index in [1.54, 1.807) is 19.0 Å². The molecule has 0 radical (unpaired) electrons. The molecule has 2 aromatic rings. The number of tetrazole rings is 1. The zero-order valence-electron chi connectivity index (χ0n) is 10.4. The smallest absolute Gasteiger partial charge is 0.247 e. The first-order chi connectivity index (χ1) is 8.68. The number of aromatic nitrogens is 4. The predicted octanol–water partition coefficient (Wildman–Crippen LogP) is 0.545. The third-order valence-electron chi connectivity index (χ3n) is 2.68. The van der Waals surface area contributed by atoms with E-state index in [0.717, 1.165) is 5.56 Å². The van der Waals surface area contributed by atoms with Gasteiger partial charge in [-0.25, -0.2) is 4.68 Å². The molecule has 94 valence electrons. The minimum absolute atomic E-state index is 0.0221. The summed E-state index contributed by atoms with van der Waals surface area (Å²) in [5.41, 5.74) is 1.08. The van der Waals surface area contributed by atoms with Gasteiger partial charge in [-0.1, -0.05) is 30.3 Å². The monoisotopic (exact) mass is 245 g/mol. The van der Waals surface area contributed by atoms with E-state index in [0.29, 0.717) is 6.42 Å². The lowest BCUT2D eigenvalue weighted by Crippen LogP contribution is -2.33. The summed E-state index contributed by atoms with van der Waals surface area (Å²) in [6.07, 6.45) is 2.04. The normalized spacial score (nSPS) is 12.1. The van der Waals surface area contributed by atoms with Gasteiger partial charge in [-0.05, 0) is 16.0 Å². The predicted molar refractivity (Wildman–Crippen MR) is 65.7 cm³/mol. The lowest BCUT2D eigenvalue weighted by Gasteiger charge is -2.19. The van der Waals surface area contributed by atoms with Crippen LogP contribution in [-0.4, -0.2) is 45.1 Å². The van der Waals surface area contributed by atoms with Crippen molar-refractivity contribution in [2.75, 3.05) is 14.1 Å². The highest BCUT2D eigenvalue weighted by molar-refractivity contribution is 5.80. The van der Waals surface area contributed by atoms with E-state index < -0.39 is 6.04 Å². The van der Waals surface area contributed by atoms with Crippen molar-refractivity contribution in [1.29, 1.82) is 0 Å². The Kier molecular flexibility index (Phi) is 3.66. The summed E-state index contributed by atoms with van der Waals surface area (Å²) in [6.45, 7) is 0. The van der Waals surface area contributed by atoms with E-state index in [1.165, 1.54) is 11.0 Å². The number of likely N-dealkylation sites (N-methyl/N-ethyl adjacent to an activating group) is 1. The Bertz CT molecular complexity index is 494. The molecule has 0 saturated heterocycles. The quantitative estimate of drug-likeness (QED) is 0.789. The number of nitrogens with zero attached hydrogens (tertiary/aromatic N) is 5. The van der Waals surface area contributed by atoms with Gasteiger partial charge in [0.15, 0.2) is 0 Å². The fourth-order valence-electron chi connectivity index (χ4n) is 1.74. The lowest BCUT2D eigenvalue weighted by molar-refractivity contribution is -0.132. The van der Waals surface area contributed by atoms with E-state index in [1.807, 2.05) is 30.3 Å². The Hall–Kier alpha value is -2.24. The van der Waals surface area contributed by atoms with Crippen LogP contribution in [0.2, 0.25) is 0 Å². The molecule has 0 aliphatic heterocycles. The SMILES string of the molecule is CN(C)C(=O)[C@H](Cc1ccccc1)n1cnnn1. The maximum atomic E-state index is 12.2. The molecule has 0 unspecified atom stereocenters. The molecule has 2 rings (SSSR count). The van der Waals surface area contributed by atoms with Crippen molar-refractivity contribution in [3.63, 3.8) is 0 Å². The molecule has 0 saturated carbocycles. The molecule has 6 heteroatoms. The molecule has 1 atom stereocenters. The van der Waals surface area contributed by atoms with E-state index in [4.69, 9.17) is 0 Å². The molecule has 0 bridgehead atoms. The van der Waals surface area contributed by atoms with E-state index in [9.17, 15) is 4.79 Å². The molecular formula is C12H15N5O. The van der Waals surface area contributed by atoms with Crippen LogP contribution in [0.4, 0.5) is 0 Å². The average molecular weight is 245 g/mol. The van der Waals surface area contributed by atoms with Crippen LogP contribution in [0.5, 0.6) is 0 Å². The van der Waals surface area contributed by atoms with Gasteiger partial charge in [-0.15, -0.1) is 5.10 Å². The Morgan fingerprint density at radius 1 is 1.33 bits per heavy atom. The Morgan fingerprint density at radius 3 is 2.61 bits per heavy atom. The van der Waals surface area contributed by atoms with Crippen LogP contribution < -0.4 is 0 Å². The maximum Gasteiger partial charge on any atom is 0.247 e. The summed E-state index contributed by atoms with van der Waals surface area (Å²) in [4.78, 5) is 13.7. The van der Waals surface area contributed by atoms with Gasteiger partial charge >= 0.3 is 0 Å². The first kappa shape index (κ1) is 12.2. The summed E-state index contributed by atoms with van der Waals surface area (Å²) in [7, 11) is 3.45. The van der Waals surface area contributed by atoms with Crippen LogP contribution in [0.25, 0.3) is 0 Å². The van der Waals surface area contributed by atoms with Crippen LogP contribution in [0.1, 0.15) is 11.6 Å². The van der Waals surface area contributed by atoms with E-state index in [2.05, 4.69) is 15.5 Å². The van der Waals surface area contributed by atoms with Crippen LogP contribution >= 0.6 is 0 Å². The van der Waals surface area contributed by atoms with Crippen molar-refractivity contribution in [2.45, 2.75) is 12.5 Å². The van der Waals surface area contributed by atoms with Gasteiger partial charge in [0.05, 0.1) is 0 Å². The summed E-state index contributed by atoms with van der Waals surface area (Å²) < 4.78 is 1.50. The number of amides is 1. The van der Waals surface area contributed by atoms with Gasteiger partial charge in [0.2, 0.25) is 5.91 Å². The Labute approximate surface area is 105 Å². The van der Waals surface area contributed by atoms with Gasteiger partial charge in [-0.2, -0.15) is 0 Å². The van der Waals surface area contributed by atoms with Crippen LogP contribution in [-0.2, 0) is 11.2 Å². The van der Waals surface area contributed by atoms with Crippen molar-refractivity contribution in [3.8, 4) is 0 Å². The van der Waals surface area contributed by atoms with Gasteiger partial charge in [-0.3, -0.25) is 4.79 Å². The molecule has 1 aromatic carbocycles.